The van der Waals surface area contributed by atoms with E-state index in [1.165, 1.54) is 0 Å². The van der Waals surface area contributed by atoms with Crippen LogP contribution in [0.4, 0.5) is 0 Å². The highest BCUT2D eigenvalue weighted by atomic mass is 32.2. The average Bonchev–Trinajstić information content (AvgIpc) is 2.66. The van der Waals surface area contributed by atoms with Crippen LogP contribution in [0.15, 0.2) is 0 Å². The van der Waals surface area contributed by atoms with Crippen molar-refractivity contribution in [2.75, 3.05) is 44.5 Å². The van der Waals surface area contributed by atoms with E-state index < -0.39 is 15.9 Å². The van der Waals surface area contributed by atoms with Crippen molar-refractivity contribution < 1.29 is 23.0 Å². The average molecular weight is 281 g/mol. The first kappa shape index (κ1) is 15.8. The van der Waals surface area contributed by atoms with Crippen LogP contribution in [0.5, 0.6) is 0 Å². The van der Waals surface area contributed by atoms with E-state index in [9.17, 15) is 13.5 Å². The zero-order valence-electron chi connectivity index (χ0n) is 10.8. The summed E-state index contributed by atoms with van der Waals surface area (Å²) in [5, 5.41) is 12.7. The van der Waals surface area contributed by atoms with Gasteiger partial charge in [-0.05, 0) is 13.3 Å². The smallest absolute Gasteiger partial charge is 0.151 e. The van der Waals surface area contributed by atoms with Crippen LogP contribution >= 0.6 is 0 Å². The minimum Gasteiger partial charge on any atom is -0.389 e. The maximum absolute atomic E-state index is 11.2. The van der Waals surface area contributed by atoms with Crippen LogP contribution in [0.3, 0.4) is 0 Å². The van der Waals surface area contributed by atoms with E-state index in [4.69, 9.17) is 9.47 Å². The first-order valence-corrected chi connectivity index (χ1v) is 8.13. The molecule has 1 aliphatic heterocycles. The van der Waals surface area contributed by atoms with Crippen molar-refractivity contribution in [2.45, 2.75) is 25.5 Å². The molecule has 108 valence electrons. The standard InChI is InChI=1S/C11H23NO5S/c1-2-16-4-5-17-8-11(13)7-12-10-3-6-18(14,15)9-10/h10-13H,2-9H2,1H3. The number of aliphatic hydroxyl groups excluding tert-OH is 1. The first-order valence-electron chi connectivity index (χ1n) is 6.31. The van der Waals surface area contributed by atoms with Crippen molar-refractivity contribution in [3.05, 3.63) is 0 Å². The van der Waals surface area contributed by atoms with Gasteiger partial charge >= 0.3 is 0 Å². The number of hydrogen-bond donors (Lipinski definition) is 2. The molecule has 2 unspecified atom stereocenters. The maximum Gasteiger partial charge on any atom is 0.151 e. The number of rotatable bonds is 9. The van der Waals surface area contributed by atoms with Crippen LogP contribution in [0.1, 0.15) is 13.3 Å². The van der Waals surface area contributed by atoms with Gasteiger partial charge in [-0.3, -0.25) is 0 Å². The van der Waals surface area contributed by atoms with Crippen LogP contribution in [-0.2, 0) is 19.3 Å². The molecule has 0 aromatic rings. The minimum absolute atomic E-state index is 0.0342. The molecule has 1 saturated heterocycles. The molecule has 2 atom stereocenters. The molecule has 1 aliphatic rings. The maximum atomic E-state index is 11.2. The summed E-state index contributed by atoms with van der Waals surface area (Å²) in [6.07, 6.45) is 0.00944. The SMILES string of the molecule is CCOCCOCC(O)CNC1CCS(=O)(=O)C1. The molecule has 1 rings (SSSR count). The first-order chi connectivity index (χ1) is 8.53. The Morgan fingerprint density at radius 2 is 2.11 bits per heavy atom. The molecule has 0 bridgehead atoms. The van der Waals surface area contributed by atoms with Crippen LogP contribution in [0, 0.1) is 0 Å². The lowest BCUT2D eigenvalue weighted by atomic mass is 10.2. The normalized spacial score (nSPS) is 24.2. The van der Waals surface area contributed by atoms with E-state index >= 15 is 0 Å². The zero-order chi connectivity index (χ0) is 13.4. The van der Waals surface area contributed by atoms with E-state index in [2.05, 4.69) is 5.32 Å². The molecule has 7 heteroatoms. The molecular formula is C11H23NO5S. The number of hydrogen-bond acceptors (Lipinski definition) is 6. The largest absolute Gasteiger partial charge is 0.389 e. The fraction of sp³-hybridized carbons (Fsp3) is 1.00. The second kappa shape index (κ2) is 8.06. The third-order valence-electron chi connectivity index (χ3n) is 2.76. The van der Waals surface area contributed by atoms with Gasteiger partial charge < -0.3 is 19.9 Å². The molecule has 0 aromatic heterocycles. The molecule has 18 heavy (non-hydrogen) atoms. The highest BCUT2D eigenvalue weighted by molar-refractivity contribution is 7.91. The molecule has 1 heterocycles. The van der Waals surface area contributed by atoms with Gasteiger partial charge in [0.1, 0.15) is 0 Å². The van der Waals surface area contributed by atoms with Crippen molar-refractivity contribution in [3.8, 4) is 0 Å². The predicted octanol–water partition coefficient (Wildman–Crippen LogP) is -0.823. The van der Waals surface area contributed by atoms with Gasteiger partial charge in [0.05, 0.1) is 37.4 Å². The Morgan fingerprint density at radius 3 is 2.72 bits per heavy atom. The number of aliphatic hydroxyl groups is 1. The van der Waals surface area contributed by atoms with Gasteiger partial charge in [-0.15, -0.1) is 0 Å². The zero-order valence-corrected chi connectivity index (χ0v) is 11.6. The Balaban J connectivity index is 2.02. The second-order valence-corrected chi connectivity index (χ2v) is 6.66. The molecule has 0 spiro atoms. The lowest BCUT2D eigenvalue weighted by molar-refractivity contribution is 0.00593. The van der Waals surface area contributed by atoms with Crippen molar-refractivity contribution in [3.63, 3.8) is 0 Å². The van der Waals surface area contributed by atoms with Crippen LogP contribution in [-0.4, -0.2) is 70.1 Å². The third-order valence-corrected chi connectivity index (χ3v) is 4.53. The Hall–Kier alpha value is -0.210. The molecular weight excluding hydrogens is 258 g/mol. The van der Waals surface area contributed by atoms with Crippen LogP contribution < -0.4 is 5.32 Å². The number of sulfone groups is 1. The number of nitrogens with one attached hydrogen (secondary N) is 1. The summed E-state index contributed by atoms with van der Waals surface area (Å²) in [5.74, 6) is 0.413. The monoisotopic (exact) mass is 281 g/mol. The Labute approximate surface area is 109 Å². The Morgan fingerprint density at radius 1 is 1.39 bits per heavy atom. The summed E-state index contributed by atoms with van der Waals surface area (Å²) < 4.78 is 32.7. The van der Waals surface area contributed by atoms with Gasteiger partial charge in [0.25, 0.3) is 0 Å². The van der Waals surface area contributed by atoms with Gasteiger partial charge in [-0.1, -0.05) is 0 Å². The summed E-state index contributed by atoms with van der Waals surface area (Å²) >= 11 is 0. The summed E-state index contributed by atoms with van der Waals surface area (Å²) in [5.41, 5.74) is 0. The summed E-state index contributed by atoms with van der Waals surface area (Å²) in [6.45, 7) is 4.15. The molecule has 0 aromatic carbocycles. The van der Waals surface area contributed by atoms with Gasteiger partial charge in [-0.25, -0.2) is 8.42 Å². The van der Waals surface area contributed by atoms with Crippen molar-refractivity contribution in [2.24, 2.45) is 0 Å². The van der Waals surface area contributed by atoms with Crippen LogP contribution in [0.25, 0.3) is 0 Å². The highest BCUT2D eigenvalue weighted by Gasteiger charge is 2.27. The molecule has 1 fully saturated rings. The van der Waals surface area contributed by atoms with Crippen molar-refractivity contribution in [1.29, 1.82) is 0 Å². The van der Waals surface area contributed by atoms with Gasteiger partial charge in [0.2, 0.25) is 0 Å². The lowest BCUT2D eigenvalue weighted by Crippen LogP contribution is -2.38. The third kappa shape index (κ3) is 6.65. The van der Waals surface area contributed by atoms with Crippen molar-refractivity contribution in [1.82, 2.24) is 5.32 Å². The second-order valence-electron chi connectivity index (χ2n) is 4.43. The van der Waals surface area contributed by atoms with Gasteiger partial charge in [0, 0.05) is 19.2 Å². The lowest BCUT2D eigenvalue weighted by Gasteiger charge is -2.15. The Bertz CT molecular complexity index is 319. The van der Waals surface area contributed by atoms with E-state index in [1.54, 1.807) is 0 Å². The molecule has 0 radical (unpaired) electrons. The van der Waals surface area contributed by atoms with Gasteiger partial charge in [0.15, 0.2) is 9.84 Å². The number of ether oxygens (including phenoxy) is 2. The van der Waals surface area contributed by atoms with E-state index in [-0.39, 0.29) is 24.2 Å². The minimum atomic E-state index is -2.86. The summed E-state index contributed by atoms with van der Waals surface area (Å²) in [6, 6.07) is -0.0342. The highest BCUT2D eigenvalue weighted by Crippen LogP contribution is 2.10. The fourth-order valence-corrected chi connectivity index (χ4v) is 3.51. The van der Waals surface area contributed by atoms with E-state index in [1.807, 2.05) is 6.92 Å². The molecule has 0 amide bonds. The fourth-order valence-electron chi connectivity index (χ4n) is 1.80. The quantitative estimate of drug-likeness (QED) is 0.537. The molecule has 6 nitrogen and oxygen atoms in total. The van der Waals surface area contributed by atoms with Crippen LogP contribution in [0.2, 0.25) is 0 Å². The molecule has 0 aliphatic carbocycles. The summed E-state index contributed by atoms with van der Waals surface area (Å²) in [7, 11) is -2.86. The Kier molecular flexibility index (Phi) is 7.10. The van der Waals surface area contributed by atoms with Crippen molar-refractivity contribution >= 4 is 9.84 Å². The van der Waals surface area contributed by atoms with E-state index in [0.717, 1.165) is 0 Å². The van der Waals surface area contributed by atoms with E-state index in [0.29, 0.717) is 32.8 Å². The topological polar surface area (TPSA) is 84.9 Å². The predicted molar refractivity (Wildman–Crippen MR) is 68.4 cm³/mol. The van der Waals surface area contributed by atoms with Gasteiger partial charge in [-0.2, -0.15) is 0 Å². The summed E-state index contributed by atoms with van der Waals surface area (Å²) in [4.78, 5) is 0. The molecule has 2 N–H and O–H groups in total. The molecule has 0 saturated carbocycles.